The topological polar surface area (TPSA) is 36.3 Å². The van der Waals surface area contributed by atoms with Gasteiger partial charge in [0, 0.05) is 13.1 Å². The number of nitriles is 1. The summed E-state index contributed by atoms with van der Waals surface area (Å²) >= 11 is 0. The summed E-state index contributed by atoms with van der Waals surface area (Å²) in [6.07, 6.45) is 0. The molecular weight excluding hydrogens is 260 g/mol. The molecule has 0 bridgehead atoms. The van der Waals surface area contributed by atoms with Gasteiger partial charge in [0.15, 0.2) is 0 Å². The van der Waals surface area contributed by atoms with E-state index in [-0.39, 0.29) is 0 Å². The number of aryl methyl sites for hydroxylation is 1. The largest absolute Gasteiger partial charge is 0.497 e. The zero-order valence-corrected chi connectivity index (χ0v) is 12.8. The highest BCUT2D eigenvalue weighted by Crippen LogP contribution is 2.16. The van der Waals surface area contributed by atoms with Crippen LogP contribution in [0.25, 0.3) is 0 Å². The molecule has 0 heterocycles. The van der Waals surface area contributed by atoms with Crippen LogP contribution in [-0.4, -0.2) is 19.1 Å². The normalized spacial score (nSPS) is 10.4. The molecular formula is C18H20N2O. The van der Waals surface area contributed by atoms with Crippen LogP contribution in [-0.2, 0) is 13.1 Å². The molecule has 108 valence electrons. The van der Waals surface area contributed by atoms with Gasteiger partial charge in [0.1, 0.15) is 5.75 Å². The Bertz CT molecular complexity index is 641. The van der Waals surface area contributed by atoms with E-state index in [0.717, 1.165) is 24.4 Å². The van der Waals surface area contributed by atoms with Crippen molar-refractivity contribution < 1.29 is 4.74 Å². The molecule has 0 aliphatic heterocycles. The van der Waals surface area contributed by atoms with Crippen LogP contribution < -0.4 is 4.74 Å². The van der Waals surface area contributed by atoms with Crippen molar-refractivity contribution in [2.45, 2.75) is 20.0 Å². The lowest BCUT2D eigenvalue weighted by Gasteiger charge is -2.18. The molecule has 0 unspecified atom stereocenters. The maximum Gasteiger partial charge on any atom is 0.118 e. The molecule has 0 aromatic heterocycles. The van der Waals surface area contributed by atoms with Gasteiger partial charge in [0.2, 0.25) is 0 Å². The highest BCUT2D eigenvalue weighted by Gasteiger charge is 2.05. The van der Waals surface area contributed by atoms with Crippen molar-refractivity contribution in [3.63, 3.8) is 0 Å². The molecule has 21 heavy (non-hydrogen) atoms. The van der Waals surface area contributed by atoms with Crippen molar-refractivity contribution in [3.8, 4) is 11.8 Å². The summed E-state index contributed by atoms with van der Waals surface area (Å²) in [7, 11) is 3.77. The molecule has 3 heteroatoms. The molecule has 0 fully saturated rings. The Balaban J connectivity index is 2.01. The first-order chi connectivity index (χ1) is 10.1. The Labute approximate surface area is 126 Å². The minimum absolute atomic E-state index is 0.717. The molecule has 0 amide bonds. The molecule has 0 spiro atoms. The fraction of sp³-hybridized carbons (Fsp3) is 0.278. The second-order valence-corrected chi connectivity index (χ2v) is 5.27. The summed E-state index contributed by atoms with van der Waals surface area (Å²) in [6, 6.07) is 16.2. The van der Waals surface area contributed by atoms with E-state index in [2.05, 4.69) is 37.1 Å². The second kappa shape index (κ2) is 6.92. The third kappa shape index (κ3) is 4.08. The van der Waals surface area contributed by atoms with E-state index in [0.29, 0.717) is 5.56 Å². The minimum Gasteiger partial charge on any atom is -0.497 e. The zero-order chi connectivity index (χ0) is 15.2. The predicted octanol–water partition coefficient (Wildman–Crippen LogP) is 3.51. The molecule has 2 rings (SSSR count). The molecule has 3 nitrogen and oxygen atoms in total. The van der Waals surface area contributed by atoms with Crippen molar-refractivity contribution in [3.05, 3.63) is 64.7 Å². The van der Waals surface area contributed by atoms with Gasteiger partial charge in [-0.2, -0.15) is 5.26 Å². The Kier molecular flexibility index (Phi) is 4.97. The number of hydrogen-bond donors (Lipinski definition) is 0. The van der Waals surface area contributed by atoms with Crippen LogP contribution in [0.15, 0.2) is 42.5 Å². The van der Waals surface area contributed by atoms with Gasteiger partial charge in [-0.25, -0.2) is 0 Å². The summed E-state index contributed by atoms with van der Waals surface area (Å²) in [5.41, 5.74) is 4.39. The average Bonchev–Trinajstić information content (AvgIpc) is 2.50. The van der Waals surface area contributed by atoms with Gasteiger partial charge in [-0.05, 0) is 54.9 Å². The molecule has 0 saturated heterocycles. The third-order valence-corrected chi connectivity index (χ3v) is 3.52. The van der Waals surface area contributed by atoms with Crippen LogP contribution in [0.1, 0.15) is 22.3 Å². The van der Waals surface area contributed by atoms with Crippen LogP contribution in [0.2, 0.25) is 0 Å². The summed E-state index contributed by atoms with van der Waals surface area (Å²) < 4.78 is 5.17. The molecule has 0 aliphatic carbocycles. The van der Waals surface area contributed by atoms with E-state index in [9.17, 15) is 0 Å². The van der Waals surface area contributed by atoms with E-state index < -0.39 is 0 Å². The highest BCUT2D eigenvalue weighted by molar-refractivity contribution is 5.37. The van der Waals surface area contributed by atoms with Crippen LogP contribution in [0.4, 0.5) is 0 Å². The Hall–Kier alpha value is -2.31. The molecule has 2 aromatic carbocycles. The third-order valence-electron chi connectivity index (χ3n) is 3.52. The summed E-state index contributed by atoms with van der Waals surface area (Å²) in [6.45, 7) is 3.80. The van der Waals surface area contributed by atoms with E-state index in [4.69, 9.17) is 10.00 Å². The monoisotopic (exact) mass is 280 g/mol. The Morgan fingerprint density at radius 2 is 1.81 bits per heavy atom. The van der Waals surface area contributed by atoms with Crippen LogP contribution >= 0.6 is 0 Å². The standard InChI is InChI=1S/C18H20N2O/c1-14-10-16(11-19)4-7-17(14)13-20(2)12-15-5-8-18(21-3)9-6-15/h4-10H,12-13H2,1-3H3. The van der Waals surface area contributed by atoms with E-state index in [1.54, 1.807) is 7.11 Å². The molecule has 0 N–H and O–H groups in total. The predicted molar refractivity (Wildman–Crippen MR) is 84.1 cm³/mol. The number of rotatable bonds is 5. The van der Waals surface area contributed by atoms with Crippen LogP contribution in [0.3, 0.4) is 0 Å². The van der Waals surface area contributed by atoms with Gasteiger partial charge >= 0.3 is 0 Å². The quantitative estimate of drug-likeness (QED) is 0.841. The van der Waals surface area contributed by atoms with Crippen molar-refractivity contribution >= 4 is 0 Å². The molecule has 0 saturated carbocycles. The van der Waals surface area contributed by atoms with Gasteiger partial charge in [-0.15, -0.1) is 0 Å². The summed E-state index contributed by atoms with van der Waals surface area (Å²) in [4.78, 5) is 2.26. The number of ether oxygens (including phenoxy) is 1. The second-order valence-electron chi connectivity index (χ2n) is 5.27. The first-order valence-corrected chi connectivity index (χ1v) is 6.93. The average molecular weight is 280 g/mol. The van der Waals surface area contributed by atoms with Crippen molar-refractivity contribution in [1.82, 2.24) is 4.90 Å². The highest BCUT2D eigenvalue weighted by atomic mass is 16.5. The van der Waals surface area contributed by atoms with E-state index in [1.807, 2.05) is 30.3 Å². The summed E-state index contributed by atoms with van der Waals surface area (Å²) in [5.74, 6) is 0.879. The molecule has 0 radical (unpaired) electrons. The molecule has 0 aliphatic rings. The van der Waals surface area contributed by atoms with Crippen molar-refractivity contribution in [1.29, 1.82) is 5.26 Å². The van der Waals surface area contributed by atoms with Crippen molar-refractivity contribution in [2.24, 2.45) is 0 Å². The summed E-state index contributed by atoms with van der Waals surface area (Å²) in [5, 5.41) is 8.90. The van der Waals surface area contributed by atoms with Gasteiger partial charge in [0.05, 0.1) is 18.7 Å². The lowest BCUT2D eigenvalue weighted by atomic mass is 10.1. The number of benzene rings is 2. The Morgan fingerprint density at radius 3 is 2.38 bits per heavy atom. The van der Waals surface area contributed by atoms with E-state index in [1.165, 1.54) is 11.1 Å². The van der Waals surface area contributed by atoms with Gasteiger partial charge in [-0.1, -0.05) is 18.2 Å². The Morgan fingerprint density at radius 1 is 1.10 bits per heavy atom. The van der Waals surface area contributed by atoms with Gasteiger partial charge < -0.3 is 4.74 Å². The maximum atomic E-state index is 8.90. The van der Waals surface area contributed by atoms with Crippen LogP contribution in [0.5, 0.6) is 5.75 Å². The lowest BCUT2D eigenvalue weighted by molar-refractivity contribution is 0.318. The lowest BCUT2D eigenvalue weighted by Crippen LogP contribution is -2.17. The first kappa shape index (κ1) is 15.1. The zero-order valence-electron chi connectivity index (χ0n) is 12.8. The number of methoxy groups -OCH3 is 1. The maximum absolute atomic E-state index is 8.90. The molecule has 2 aromatic rings. The van der Waals surface area contributed by atoms with Gasteiger partial charge in [0.25, 0.3) is 0 Å². The van der Waals surface area contributed by atoms with E-state index >= 15 is 0 Å². The number of hydrogen-bond acceptors (Lipinski definition) is 3. The fourth-order valence-electron chi connectivity index (χ4n) is 2.33. The van der Waals surface area contributed by atoms with Crippen molar-refractivity contribution in [2.75, 3.05) is 14.2 Å². The smallest absolute Gasteiger partial charge is 0.118 e. The fourth-order valence-corrected chi connectivity index (χ4v) is 2.33. The SMILES string of the molecule is COc1ccc(CN(C)Cc2ccc(C#N)cc2C)cc1. The number of nitrogens with zero attached hydrogens (tertiary/aromatic N) is 2. The van der Waals surface area contributed by atoms with Gasteiger partial charge in [-0.3, -0.25) is 4.90 Å². The minimum atomic E-state index is 0.717. The van der Waals surface area contributed by atoms with Crippen LogP contribution in [0, 0.1) is 18.3 Å². The first-order valence-electron chi connectivity index (χ1n) is 6.93. The molecule has 0 atom stereocenters.